The Bertz CT molecular complexity index is 2050. The van der Waals surface area contributed by atoms with Crippen molar-refractivity contribution < 1.29 is 46.8 Å². The van der Waals surface area contributed by atoms with Crippen LogP contribution in [0.2, 0.25) is 0 Å². The van der Waals surface area contributed by atoms with E-state index in [1.165, 1.54) is 19.4 Å². The van der Waals surface area contributed by atoms with E-state index in [2.05, 4.69) is 5.32 Å². The molecular weight excluding hydrogens is 692 g/mol. The number of hydrogen-bond donors (Lipinski definition) is 1. The predicted molar refractivity (Wildman–Crippen MR) is 191 cm³/mol. The van der Waals surface area contributed by atoms with E-state index >= 15 is 4.39 Å². The summed E-state index contributed by atoms with van der Waals surface area (Å²) in [6.45, 7) is 4.25. The Labute approximate surface area is 304 Å². The molecule has 2 atom stereocenters. The van der Waals surface area contributed by atoms with E-state index in [1.54, 1.807) is 35.8 Å². The molecule has 280 valence electrons. The highest BCUT2D eigenvalue weighted by Gasteiger charge is 2.32. The molecule has 2 fully saturated rings. The van der Waals surface area contributed by atoms with Crippen molar-refractivity contribution in [3.63, 3.8) is 0 Å². The fourth-order valence-electron chi connectivity index (χ4n) is 6.40. The highest BCUT2D eigenvalue weighted by Crippen LogP contribution is 2.44. The first-order chi connectivity index (χ1) is 25.6. The third-order valence-corrected chi connectivity index (χ3v) is 9.30. The van der Waals surface area contributed by atoms with Crippen molar-refractivity contribution in [1.82, 2.24) is 9.88 Å². The van der Waals surface area contributed by atoms with Crippen LogP contribution in [0.4, 0.5) is 19.3 Å². The molecular formula is C39H41F2N3O9. The molecule has 14 heteroatoms. The first-order valence-corrected chi connectivity index (χ1v) is 17.5. The molecule has 0 bridgehead atoms. The van der Waals surface area contributed by atoms with Gasteiger partial charge in [0.15, 0.2) is 11.6 Å². The van der Waals surface area contributed by atoms with Gasteiger partial charge in [0, 0.05) is 49.9 Å². The quantitative estimate of drug-likeness (QED) is 0.0740. The van der Waals surface area contributed by atoms with Crippen LogP contribution in [0.25, 0.3) is 22.0 Å². The Kier molecular flexibility index (Phi) is 11.6. The minimum Gasteiger partial charge on any atom is -0.492 e. The average Bonchev–Trinajstić information content (AvgIpc) is 4.00. The van der Waals surface area contributed by atoms with Crippen LogP contribution in [0, 0.1) is 11.6 Å². The Morgan fingerprint density at radius 3 is 2.42 bits per heavy atom. The number of hydrogen-bond acceptors (Lipinski definition) is 11. The van der Waals surface area contributed by atoms with Crippen LogP contribution in [0.1, 0.15) is 61.0 Å². The van der Waals surface area contributed by atoms with Crippen LogP contribution in [0.15, 0.2) is 65.6 Å². The van der Waals surface area contributed by atoms with Gasteiger partial charge in [0.1, 0.15) is 17.1 Å². The molecule has 1 aromatic heterocycles. The number of halogens is 2. The van der Waals surface area contributed by atoms with E-state index in [4.69, 9.17) is 23.7 Å². The Morgan fingerprint density at radius 2 is 1.72 bits per heavy atom. The fraction of sp³-hybridized carbons (Fsp3) is 0.385. The first kappa shape index (κ1) is 37.3. The lowest BCUT2D eigenvalue weighted by Crippen LogP contribution is -2.49. The number of esters is 2. The number of ether oxygens (including phenoxy) is 5. The van der Waals surface area contributed by atoms with Gasteiger partial charge in [0.2, 0.25) is 12.2 Å². The van der Waals surface area contributed by atoms with Gasteiger partial charge >= 0.3 is 18.1 Å². The van der Waals surface area contributed by atoms with Crippen molar-refractivity contribution in [2.75, 3.05) is 51.7 Å². The zero-order valence-electron chi connectivity index (χ0n) is 29.7. The molecule has 1 aliphatic carbocycles. The molecule has 1 aliphatic heterocycles. The van der Waals surface area contributed by atoms with Gasteiger partial charge in [-0.05, 0) is 49.9 Å². The van der Waals surface area contributed by atoms with Gasteiger partial charge < -0.3 is 38.5 Å². The number of aromatic nitrogens is 1. The maximum atomic E-state index is 15.7. The van der Waals surface area contributed by atoms with Gasteiger partial charge in [-0.3, -0.25) is 9.59 Å². The van der Waals surface area contributed by atoms with E-state index in [9.17, 15) is 23.6 Å². The van der Waals surface area contributed by atoms with Crippen LogP contribution < -0.4 is 20.4 Å². The highest BCUT2D eigenvalue weighted by molar-refractivity contribution is 5.97. The number of nitrogens with zero attached hydrogens (tertiary/aromatic N) is 2. The first-order valence-electron chi connectivity index (χ1n) is 17.5. The highest BCUT2D eigenvalue weighted by atomic mass is 19.1. The molecule has 53 heavy (non-hydrogen) atoms. The average molecular weight is 734 g/mol. The second kappa shape index (κ2) is 16.4. The monoisotopic (exact) mass is 733 g/mol. The van der Waals surface area contributed by atoms with E-state index in [1.807, 2.05) is 30.0 Å². The summed E-state index contributed by atoms with van der Waals surface area (Å²) in [5.74, 6) is -3.24. The van der Waals surface area contributed by atoms with Crippen molar-refractivity contribution in [3.8, 4) is 16.9 Å². The molecule has 1 saturated heterocycles. The number of methoxy groups -OCH3 is 1. The molecule has 0 radical (unpaired) electrons. The van der Waals surface area contributed by atoms with Crippen molar-refractivity contribution in [2.24, 2.45) is 0 Å². The van der Waals surface area contributed by atoms with Gasteiger partial charge in [-0.15, -0.1) is 0 Å². The number of carbonyl (C=O) groups is 3. The summed E-state index contributed by atoms with van der Waals surface area (Å²) in [5.41, 5.74) is 1.16. The smallest absolute Gasteiger partial charge is 0.492 e. The molecule has 0 amide bonds. The Balaban J connectivity index is 0.992. The zero-order valence-corrected chi connectivity index (χ0v) is 29.7. The van der Waals surface area contributed by atoms with Crippen molar-refractivity contribution in [3.05, 3.63) is 93.8 Å². The minimum atomic E-state index is -1.15. The molecule has 2 heterocycles. The normalized spacial score (nSPS) is 16.2. The third kappa shape index (κ3) is 8.43. The SMILES string of the molecule is COc1c(N2CCNC(C)C2)c(F)cc2c(=O)c(C(=O)OCOC(=O)OCCCOC(=O)C(C)c3ccc(-c4ccccc4)c(F)c3)cn(C3CC3)c12. The van der Waals surface area contributed by atoms with Crippen LogP contribution in [0.5, 0.6) is 5.75 Å². The maximum absolute atomic E-state index is 15.7. The number of carbonyl (C=O) groups excluding carboxylic acids is 3. The zero-order chi connectivity index (χ0) is 37.6. The molecule has 6 rings (SSSR count). The summed E-state index contributed by atoms with van der Waals surface area (Å²) in [5, 5.41) is 3.29. The largest absolute Gasteiger partial charge is 0.511 e. The van der Waals surface area contributed by atoms with Gasteiger partial charge in [-0.2, -0.15) is 0 Å². The second-order valence-electron chi connectivity index (χ2n) is 13.1. The molecule has 3 aromatic carbocycles. The molecule has 12 nitrogen and oxygen atoms in total. The lowest BCUT2D eigenvalue weighted by Gasteiger charge is -2.35. The second-order valence-corrected chi connectivity index (χ2v) is 13.1. The molecule has 4 aromatic rings. The molecule has 1 N–H and O–H groups in total. The Hall–Kier alpha value is -5.50. The van der Waals surface area contributed by atoms with Gasteiger partial charge in [-0.1, -0.05) is 42.5 Å². The maximum Gasteiger partial charge on any atom is 0.511 e. The van der Waals surface area contributed by atoms with Crippen LogP contribution >= 0.6 is 0 Å². The van der Waals surface area contributed by atoms with E-state index in [-0.39, 0.29) is 54.1 Å². The summed E-state index contributed by atoms with van der Waals surface area (Å²) in [6, 6.07) is 14.9. The number of nitrogens with one attached hydrogen (secondary N) is 1. The van der Waals surface area contributed by atoms with Crippen molar-refractivity contribution >= 4 is 34.7 Å². The number of benzene rings is 3. The molecule has 0 spiro atoms. The number of pyridine rings is 1. The van der Waals surface area contributed by atoms with Crippen molar-refractivity contribution in [1.29, 1.82) is 0 Å². The summed E-state index contributed by atoms with van der Waals surface area (Å²) in [7, 11) is 1.42. The van der Waals surface area contributed by atoms with Crippen LogP contribution in [-0.2, 0) is 23.7 Å². The number of anilines is 1. The summed E-state index contributed by atoms with van der Waals surface area (Å²) in [6.07, 6.45) is 1.96. The van der Waals surface area contributed by atoms with Gasteiger partial charge in [0.05, 0.1) is 37.1 Å². The summed E-state index contributed by atoms with van der Waals surface area (Å²) >= 11 is 0. The van der Waals surface area contributed by atoms with Gasteiger partial charge in [0.25, 0.3) is 0 Å². The standard InChI is InChI=1S/C39H41F2N3O9/c1-23-20-43(15-14-42-23)34-32(41)19-29-33(36(34)49-3)44(27-11-12-27)21-30(35(29)45)38(47)52-22-53-39(48)51-17-7-16-50-37(46)24(2)26-10-13-28(31(40)18-26)25-8-5-4-6-9-25/h4-6,8-10,13,18-19,21,23-24,27,42H,7,11-12,14-17,20,22H2,1-3H3. The lowest BCUT2D eigenvalue weighted by molar-refractivity contribution is -0.145. The van der Waals surface area contributed by atoms with Crippen LogP contribution in [0.3, 0.4) is 0 Å². The molecule has 1 saturated carbocycles. The Morgan fingerprint density at radius 1 is 0.962 bits per heavy atom. The minimum absolute atomic E-state index is 0.0259. The topological polar surface area (TPSA) is 135 Å². The predicted octanol–water partition coefficient (Wildman–Crippen LogP) is 6.09. The van der Waals surface area contributed by atoms with E-state index in [0.29, 0.717) is 36.3 Å². The summed E-state index contributed by atoms with van der Waals surface area (Å²) in [4.78, 5) is 53.1. The molecule has 2 aliphatic rings. The molecule has 2 unspecified atom stereocenters. The number of fused-ring (bicyclic) bond motifs is 1. The summed E-state index contributed by atoms with van der Waals surface area (Å²) < 4.78 is 58.0. The fourth-order valence-corrected chi connectivity index (χ4v) is 6.40. The van der Waals surface area contributed by atoms with Crippen molar-refractivity contribution in [2.45, 2.75) is 51.1 Å². The number of rotatable bonds is 13. The third-order valence-electron chi connectivity index (χ3n) is 9.30. The van der Waals surface area contributed by atoms with E-state index in [0.717, 1.165) is 24.5 Å². The van der Waals surface area contributed by atoms with E-state index < -0.39 is 47.9 Å². The van der Waals surface area contributed by atoms with Crippen LogP contribution in [-0.4, -0.2) is 75.5 Å². The van der Waals surface area contributed by atoms with Gasteiger partial charge in [-0.25, -0.2) is 18.4 Å². The lowest BCUT2D eigenvalue weighted by atomic mass is 9.97. The number of piperazine rings is 1.